The van der Waals surface area contributed by atoms with Gasteiger partial charge in [-0.2, -0.15) is 4.98 Å². The van der Waals surface area contributed by atoms with Gasteiger partial charge in [0, 0.05) is 11.3 Å². The van der Waals surface area contributed by atoms with Crippen molar-refractivity contribution in [1.82, 2.24) is 4.98 Å². The molecule has 3 rings (SSSR count). The SMILES string of the molecule is CCOc1ccc(Nc2nc3ccccc3o2)cc1CCl. The molecule has 0 aliphatic heterocycles. The van der Waals surface area contributed by atoms with Crippen LogP contribution in [0, 0.1) is 0 Å². The molecule has 1 heterocycles. The summed E-state index contributed by atoms with van der Waals surface area (Å²) in [5, 5.41) is 3.15. The van der Waals surface area contributed by atoms with Crippen molar-refractivity contribution in [3.63, 3.8) is 0 Å². The molecule has 0 amide bonds. The quantitative estimate of drug-likeness (QED) is 0.693. The van der Waals surface area contributed by atoms with Gasteiger partial charge < -0.3 is 14.5 Å². The van der Waals surface area contributed by atoms with E-state index in [4.69, 9.17) is 20.8 Å². The molecule has 5 heteroatoms. The van der Waals surface area contributed by atoms with Gasteiger partial charge in [-0.25, -0.2) is 0 Å². The van der Waals surface area contributed by atoms with Gasteiger partial charge >= 0.3 is 0 Å². The Kier molecular flexibility index (Phi) is 3.97. The van der Waals surface area contributed by atoms with Crippen LogP contribution in [0.2, 0.25) is 0 Å². The molecule has 3 aromatic rings. The monoisotopic (exact) mass is 302 g/mol. The Morgan fingerprint density at radius 3 is 2.86 bits per heavy atom. The van der Waals surface area contributed by atoms with E-state index < -0.39 is 0 Å². The van der Waals surface area contributed by atoms with Crippen molar-refractivity contribution in [2.24, 2.45) is 0 Å². The average Bonchev–Trinajstić information content (AvgIpc) is 2.91. The van der Waals surface area contributed by atoms with E-state index in [-0.39, 0.29) is 0 Å². The Balaban J connectivity index is 1.86. The second-order valence-electron chi connectivity index (χ2n) is 4.50. The van der Waals surface area contributed by atoms with Crippen LogP contribution < -0.4 is 10.1 Å². The van der Waals surface area contributed by atoms with Crippen LogP contribution in [0.3, 0.4) is 0 Å². The number of nitrogens with one attached hydrogen (secondary N) is 1. The highest BCUT2D eigenvalue weighted by Crippen LogP contribution is 2.27. The van der Waals surface area contributed by atoms with Gasteiger partial charge in [0.2, 0.25) is 0 Å². The fourth-order valence-electron chi connectivity index (χ4n) is 2.11. The highest BCUT2D eigenvalue weighted by atomic mass is 35.5. The van der Waals surface area contributed by atoms with Gasteiger partial charge in [-0.15, -0.1) is 11.6 Å². The van der Waals surface area contributed by atoms with Crippen LogP contribution in [0.25, 0.3) is 11.1 Å². The number of oxazole rings is 1. The number of ether oxygens (including phenoxy) is 1. The first-order valence-electron chi connectivity index (χ1n) is 6.74. The smallest absolute Gasteiger partial charge is 0.300 e. The molecule has 0 saturated carbocycles. The maximum atomic E-state index is 5.96. The highest BCUT2D eigenvalue weighted by molar-refractivity contribution is 6.17. The van der Waals surface area contributed by atoms with Crippen molar-refractivity contribution in [3.05, 3.63) is 48.0 Å². The van der Waals surface area contributed by atoms with Crippen molar-refractivity contribution in [3.8, 4) is 5.75 Å². The van der Waals surface area contributed by atoms with Crippen molar-refractivity contribution in [2.45, 2.75) is 12.8 Å². The minimum absolute atomic E-state index is 0.387. The number of fused-ring (bicyclic) bond motifs is 1. The molecule has 0 unspecified atom stereocenters. The summed E-state index contributed by atoms with van der Waals surface area (Å²) in [7, 11) is 0. The molecule has 2 aromatic carbocycles. The molecule has 1 aromatic heterocycles. The molecule has 0 atom stereocenters. The molecule has 0 bridgehead atoms. The van der Waals surface area contributed by atoms with Gasteiger partial charge in [-0.1, -0.05) is 12.1 Å². The molecule has 21 heavy (non-hydrogen) atoms. The molecular weight excluding hydrogens is 288 g/mol. The second-order valence-corrected chi connectivity index (χ2v) is 4.77. The molecule has 0 saturated heterocycles. The van der Waals surface area contributed by atoms with Gasteiger partial charge in [0.05, 0.1) is 12.5 Å². The van der Waals surface area contributed by atoms with E-state index in [2.05, 4.69) is 10.3 Å². The van der Waals surface area contributed by atoms with Crippen LogP contribution in [0.4, 0.5) is 11.7 Å². The Bertz CT molecular complexity index is 722. The zero-order valence-electron chi connectivity index (χ0n) is 11.6. The lowest BCUT2D eigenvalue weighted by Crippen LogP contribution is -1.97. The summed E-state index contributed by atoms with van der Waals surface area (Å²) in [5.74, 6) is 1.19. The van der Waals surface area contributed by atoms with Crippen LogP contribution in [-0.2, 0) is 5.88 Å². The predicted octanol–water partition coefficient (Wildman–Crippen LogP) is 4.71. The topological polar surface area (TPSA) is 47.3 Å². The maximum Gasteiger partial charge on any atom is 0.300 e. The first kappa shape index (κ1) is 13.8. The van der Waals surface area contributed by atoms with Crippen LogP contribution in [0.15, 0.2) is 46.9 Å². The lowest BCUT2D eigenvalue weighted by molar-refractivity contribution is 0.337. The summed E-state index contributed by atoms with van der Waals surface area (Å²) in [6.45, 7) is 2.56. The van der Waals surface area contributed by atoms with Gasteiger partial charge in [0.25, 0.3) is 6.01 Å². The van der Waals surface area contributed by atoms with Crippen LogP contribution in [0.5, 0.6) is 5.75 Å². The fourth-order valence-corrected chi connectivity index (χ4v) is 2.32. The van der Waals surface area contributed by atoms with Crippen molar-refractivity contribution in [1.29, 1.82) is 0 Å². The number of nitrogens with zero attached hydrogens (tertiary/aromatic N) is 1. The van der Waals surface area contributed by atoms with E-state index in [9.17, 15) is 0 Å². The molecule has 0 aliphatic carbocycles. The first-order valence-corrected chi connectivity index (χ1v) is 7.28. The Morgan fingerprint density at radius 1 is 1.24 bits per heavy atom. The van der Waals surface area contributed by atoms with E-state index >= 15 is 0 Å². The fraction of sp³-hybridized carbons (Fsp3) is 0.188. The summed E-state index contributed by atoms with van der Waals surface area (Å²) in [6.07, 6.45) is 0. The minimum Gasteiger partial charge on any atom is -0.494 e. The number of alkyl halides is 1. The minimum atomic E-state index is 0.387. The maximum absolute atomic E-state index is 5.96. The summed E-state index contributed by atoms with van der Waals surface area (Å²) < 4.78 is 11.2. The number of hydrogen-bond donors (Lipinski definition) is 1. The molecule has 0 radical (unpaired) electrons. The number of benzene rings is 2. The van der Waals surface area contributed by atoms with Crippen molar-refractivity contribution in [2.75, 3.05) is 11.9 Å². The standard InChI is InChI=1S/C16H15ClN2O2/c1-2-20-14-8-7-12(9-11(14)10-17)18-16-19-13-5-3-4-6-15(13)21-16/h3-9H,2,10H2,1H3,(H,18,19). The lowest BCUT2D eigenvalue weighted by Gasteiger charge is -2.10. The van der Waals surface area contributed by atoms with Crippen molar-refractivity contribution >= 4 is 34.4 Å². The summed E-state index contributed by atoms with van der Waals surface area (Å²) in [6, 6.07) is 13.8. The third-order valence-corrected chi connectivity index (χ3v) is 3.34. The van der Waals surface area contributed by atoms with E-state index in [1.54, 1.807) is 0 Å². The normalized spacial score (nSPS) is 10.8. The number of halogens is 1. The zero-order valence-corrected chi connectivity index (χ0v) is 12.4. The Labute approximate surface area is 127 Å². The van der Waals surface area contributed by atoms with E-state index in [0.29, 0.717) is 18.5 Å². The number of para-hydroxylation sites is 2. The van der Waals surface area contributed by atoms with Gasteiger partial charge in [0.1, 0.15) is 11.3 Å². The van der Waals surface area contributed by atoms with Crippen LogP contribution in [-0.4, -0.2) is 11.6 Å². The zero-order chi connectivity index (χ0) is 14.7. The lowest BCUT2D eigenvalue weighted by atomic mass is 10.2. The largest absolute Gasteiger partial charge is 0.494 e. The third kappa shape index (κ3) is 2.95. The highest BCUT2D eigenvalue weighted by Gasteiger charge is 2.08. The summed E-state index contributed by atoms with van der Waals surface area (Å²) in [5.41, 5.74) is 3.37. The van der Waals surface area contributed by atoms with Gasteiger partial charge in [-0.3, -0.25) is 0 Å². The predicted molar refractivity (Wildman–Crippen MR) is 84.5 cm³/mol. The average molecular weight is 303 g/mol. The molecular formula is C16H15ClN2O2. The second kappa shape index (κ2) is 6.06. The van der Waals surface area contributed by atoms with E-state index in [1.807, 2.05) is 49.4 Å². The van der Waals surface area contributed by atoms with Gasteiger partial charge in [0.15, 0.2) is 5.58 Å². The number of anilines is 2. The Morgan fingerprint density at radius 2 is 2.10 bits per heavy atom. The van der Waals surface area contributed by atoms with Crippen LogP contribution >= 0.6 is 11.6 Å². The molecule has 108 valence electrons. The van der Waals surface area contributed by atoms with E-state index in [0.717, 1.165) is 28.1 Å². The number of rotatable bonds is 5. The molecule has 1 N–H and O–H groups in total. The van der Waals surface area contributed by atoms with Crippen molar-refractivity contribution < 1.29 is 9.15 Å². The number of aromatic nitrogens is 1. The third-order valence-electron chi connectivity index (χ3n) is 3.05. The Hall–Kier alpha value is -2.20. The molecule has 0 spiro atoms. The molecule has 0 fully saturated rings. The van der Waals surface area contributed by atoms with E-state index in [1.165, 1.54) is 0 Å². The first-order chi connectivity index (χ1) is 10.3. The molecule has 4 nitrogen and oxygen atoms in total. The van der Waals surface area contributed by atoms with Crippen LogP contribution in [0.1, 0.15) is 12.5 Å². The molecule has 0 aliphatic rings. The number of hydrogen-bond acceptors (Lipinski definition) is 4. The summed E-state index contributed by atoms with van der Waals surface area (Å²) >= 11 is 5.96. The van der Waals surface area contributed by atoms with Gasteiger partial charge in [-0.05, 0) is 37.3 Å². The summed E-state index contributed by atoms with van der Waals surface area (Å²) in [4.78, 5) is 4.38.